The van der Waals surface area contributed by atoms with Crippen molar-refractivity contribution in [3.63, 3.8) is 0 Å². The van der Waals surface area contributed by atoms with Gasteiger partial charge in [-0.25, -0.2) is 4.98 Å². The van der Waals surface area contributed by atoms with Gasteiger partial charge in [0.2, 0.25) is 0 Å². The summed E-state index contributed by atoms with van der Waals surface area (Å²) in [5, 5.41) is 2.95. The fourth-order valence-corrected chi connectivity index (χ4v) is 5.06. The molecule has 1 heterocycles. The van der Waals surface area contributed by atoms with E-state index in [0.29, 0.717) is 29.0 Å². The van der Waals surface area contributed by atoms with E-state index in [0.717, 1.165) is 48.1 Å². The second-order valence-corrected chi connectivity index (χ2v) is 8.65. The number of ketones is 1. The molecule has 6 heteroatoms. The number of hydrogen-bond donors (Lipinski definition) is 1. The van der Waals surface area contributed by atoms with Crippen molar-refractivity contribution in [1.82, 2.24) is 10.3 Å². The zero-order valence-electron chi connectivity index (χ0n) is 12.8. The maximum absolute atomic E-state index is 12.0. The predicted molar refractivity (Wildman–Crippen MR) is 89.4 cm³/mol. The zero-order chi connectivity index (χ0) is 15.5. The van der Waals surface area contributed by atoms with Crippen molar-refractivity contribution in [1.29, 1.82) is 0 Å². The van der Waals surface area contributed by atoms with E-state index in [4.69, 9.17) is 0 Å². The Morgan fingerprint density at radius 1 is 1.45 bits per heavy atom. The summed E-state index contributed by atoms with van der Waals surface area (Å²) >= 11 is 3.11. The van der Waals surface area contributed by atoms with Gasteiger partial charge in [0.25, 0.3) is 5.91 Å². The highest BCUT2D eigenvalue weighted by Crippen LogP contribution is 2.52. The van der Waals surface area contributed by atoms with E-state index in [2.05, 4.69) is 17.2 Å². The number of thiazole rings is 1. The van der Waals surface area contributed by atoms with E-state index >= 15 is 0 Å². The molecule has 0 saturated heterocycles. The third-order valence-corrected chi connectivity index (χ3v) is 6.55. The number of carbonyl (C=O) groups excluding carboxylic acids is 2. The van der Waals surface area contributed by atoms with Gasteiger partial charge in [0.05, 0.1) is 6.20 Å². The van der Waals surface area contributed by atoms with Crippen LogP contribution in [0.25, 0.3) is 0 Å². The Labute approximate surface area is 139 Å². The maximum Gasteiger partial charge on any atom is 0.263 e. The minimum absolute atomic E-state index is 0.0290. The lowest BCUT2D eigenvalue weighted by atomic mass is 9.96. The summed E-state index contributed by atoms with van der Waals surface area (Å²) < 4.78 is 0.950. The third-order valence-electron chi connectivity index (χ3n) is 4.52. The first kappa shape index (κ1) is 16.0. The van der Waals surface area contributed by atoms with E-state index in [9.17, 15) is 9.59 Å². The summed E-state index contributed by atoms with van der Waals surface area (Å²) in [7, 11) is 0. The van der Waals surface area contributed by atoms with Gasteiger partial charge in [-0.1, -0.05) is 25.1 Å². The quantitative estimate of drug-likeness (QED) is 0.583. The van der Waals surface area contributed by atoms with Gasteiger partial charge in [-0.05, 0) is 37.4 Å². The molecular formula is C16H22N2O2S2. The molecule has 0 bridgehead atoms. The molecule has 2 aliphatic carbocycles. The number of aromatic nitrogens is 1. The van der Waals surface area contributed by atoms with Crippen molar-refractivity contribution in [2.75, 3.05) is 12.3 Å². The van der Waals surface area contributed by atoms with Crippen LogP contribution in [-0.2, 0) is 4.79 Å². The first-order valence-corrected chi connectivity index (χ1v) is 9.89. The van der Waals surface area contributed by atoms with Crippen LogP contribution in [0, 0.1) is 17.8 Å². The van der Waals surface area contributed by atoms with Gasteiger partial charge in [-0.15, -0.1) is 11.3 Å². The molecule has 3 unspecified atom stereocenters. The van der Waals surface area contributed by atoms with Crippen molar-refractivity contribution in [3.8, 4) is 0 Å². The SMILES string of the molecule is CCSc1ncc(C(=O)NCCCCC2CC3CC3C2=O)s1. The fraction of sp³-hybridized carbons (Fsp3) is 0.688. The number of rotatable bonds is 8. The molecule has 2 aliphatic rings. The number of amides is 1. The molecule has 0 radical (unpaired) electrons. The monoisotopic (exact) mass is 338 g/mol. The van der Waals surface area contributed by atoms with Gasteiger partial charge in [-0.2, -0.15) is 0 Å². The third kappa shape index (κ3) is 3.71. The summed E-state index contributed by atoms with van der Waals surface area (Å²) in [6, 6.07) is 0. The molecule has 1 aromatic heterocycles. The number of hydrogen-bond acceptors (Lipinski definition) is 5. The van der Waals surface area contributed by atoms with Crippen LogP contribution < -0.4 is 5.32 Å². The molecule has 1 N–H and O–H groups in total. The highest BCUT2D eigenvalue weighted by molar-refractivity contribution is 8.01. The maximum atomic E-state index is 12.0. The molecule has 2 saturated carbocycles. The van der Waals surface area contributed by atoms with Crippen LogP contribution in [0.4, 0.5) is 0 Å². The highest BCUT2D eigenvalue weighted by Gasteiger charge is 2.52. The summed E-state index contributed by atoms with van der Waals surface area (Å²) in [4.78, 5) is 28.8. The molecule has 3 atom stereocenters. The molecule has 0 aliphatic heterocycles. The Morgan fingerprint density at radius 3 is 3.05 bits per heavy atom. The standard InChI is InChI=1S/C16H22N2O2S2/c1-2-21-16-18-9-13(22-16)15(20)17-6-4-3-5-10-7-11-8-12(11)14(10)19/h9-12H,2-8H2,1H3,(H,17,20). The van der Waals surface area contributed by atoms with E-state index in [1.165, 1.54) is 11.3 Å². The summed E-state index contributed by atoms with van der Waals surface area (Å²) in [6.45, 7) is 2.76. The van der Waals surface area contributed by atoms with E-state index in [1.54, 1.807) is 18.0 Å². The highest BCUT2D eigenvalue weighted by atomic mass is 32.2. The number of thioether (sulfide) groups is 1. The van der Waals surface area contributed by atoms with E-state index in [-0.39, 0.29) is 5.91 Å². The van der Waals surface area contributed by atoms with Crippen LogP contribution in [0.2, 0.25) is 0 Å². The van der Waals surface area contributed by atoms with Crippen molar-refractivity contribution in [2.45, 2.75) is 43.4 Å². The number of unbranched alkanes of at least 4 members (excludes halogenated alkanes) is 1. The Kier molecular flexibility index (Phi) is 5.18. The largest absolute Gasteiger partial charge is 0.351 e. The Hall–Kier alpha value is -0.880. The molecule has 1 amide bonds. The molecule has 1 aromatic rings. The zero-order valence-corrected chi connectivity index (χ0v) is 14.5. The van der Waals surface area contributed by atoms with Crippen LogP contribution in [-0.4, -0.2) is 29.0 Å². The second-order valence-electron chi connectivity index (χ2n) is 6.11. The average molecular weight is 338 g/mol. The number of nitrogens with zero attached hydrogens (tertiary/aromatic N) is 1. The lowest BCUT2D eigenvalue weighted by Crippen LogP contribution is -2.23. The topological polar surface area (TPSA) is 59.1 Å². The molecule has 0 aromatic carbocycles. The van der Waals surface area contributed by atoms with Crippen molar-refractivity contribution in [3.05, 3.63) is 11.1 Å². The number of nitrogens with one attached hydrogen (secondary N) is 1. The number of carbonyl (C=O) groups is 2. The van der Waals surface area contributed by atoms with Crippen molar-refractivity contribution >= 4 is 34.8 Å². The fourth-order valence-electron chi connectivity index (χ4n) is 3.26. The molecule has 22 heavy (non-hydrogen) atoms. The molecule has 0 spiro atoms. The predicted octanol–water partition coefficient (Wildman–Crippen LogP) is 3.38. The lowest BCUT2D eigenvalue weighted by Gasteiger charge is -2.10. The van der Waals surface area contributed by atoms with Gasteiger partial charge < -0.3 is 5.32 Å². The summed E-state index contributed by atoms with van der Waals surface area (Å²) in [5.41, 5.74) is 0. The Balaban J connectivity index is 1.31. The van der Waals surface area contributed by atoms with Crippen LogP contribution >= 0.6 is 23.1 Å². The normalized spacial score (nSPS) is 26.0. The van der Waals surface area contributed by atoms with Crippen LogP contribution in [0.5, 0.6) is 0 Å². The number of Topliss-reactive ketones (excluding diaryl/α,β-unsaturated/α-hetero) is 1. The van der Waals surface area contributed by atoms with Gasteiger partial charge in [0.15, 0.2) is 4.34 Å². The van der Waals surface area contributed by atoms with Crippen LogP contribution in [0.1, 0.15) is 48.7 Å². The van der Waals surface area contributed by atoms with Crippen molar-refractivity contribution in [2.24, 2.45) is 17.8 Å². The van der Waals surface area contributed by atoms with E-state index in [1.807, 2.05) is 0 Å². The molecule has 2 fully saturated rings. The van der Waals surface area contributed by atoms with Crippen LogP contribution in [0.15, 0.2) is 10.5 Å². The molecule has 3 rings (SSSR count). The summed E-state index contributed by atoms with van der Waals surface area (Å²) in [5.74, 6) is 2.91. The van der Waals surface area contributed by atoms with Crippen LogP contribution in [0.3, 0.4) is 0 Å². The summed E-state index contributed by atoms with van der Waals surface area (Å²) in [6.07, 6.45) is 6.89. The van der Waals surface area contributed by atoms with Gasteiger partial charge in [0, 0.05) is 18.4 Å². The second kappa shape index (κ2) is 7.13. The minimum Gasteiger partial charge on any atom is -0.351 e. The van der Waals surface area contributed by atoms with Gasteiger partial charge in [-0.3, -0.25) is 9.59 Å². The van der Waals surface area contributed by atoms with Gasteiger partial charge in [0.1, 0.15) is 10.7 Å². The average Bonchev–Trinajstić information content (AvgIpc) is 3.00. The molecule has 120 valence electrons. The van der Waals surface area contributed by atoms with Crippen molar-refractivity contribution < 1.29 is 9.59 Å². The smallest absolute Gasteiger partial charge is 0.263 e. The molecule has 4 nitrogen and oxygen atoms in total. The first-order chi connectivity index (χ1) is 10.7. The Morgan fingerprint density at radius 2 is 2.32 bits per heavy atom. The number of fused-ring (bicyclic) bond motifs is 1. The molecular weight excluding hydrogens is 316 g/mol. The Bertz CT molecular complexity index is 558. The van der Waals surface area contributed by atoms with Gasteiger partial charge >= 0.3 is 0 Å². The minimum atomic E-state index is -0.0290. The lowest BCUT2D eigenvalue weighted by molar-refractivity contribution is -0.122. The first-order valence-electron chi connectivity index (χ1n) is 8.09. The van der Waals surface area contributed by atoms with E-state index < -0.39 is 0 Å².